The Morgan fingerprint density at radius 3 is 2.69 bits per heavy atom. The first-order valence-electron chi connectivity index (χ1n) is 9.60. The summed E-state index contributed by atoms with van der Waals surface area (Å²) in [6, 6.07) is 9.25. The van der Waals surface area contributed by atoms with Crippen LogP contribution in [0.2, 0.25) is 0 Å². The molecule has 5 rings (SSSR count). The van der Waals surface area contributed by atoms with E-state index in [0.717, 1.165) is 29.7 Å². The topological polar surface area (TPSA) is 88.7 Å². The van der Waals surface area contributed by atoms with Crippen molar-refractivity contribution in [2.24, 2.45) is 23.2 Å². The minimum absolute atomic E-state index is 0.190. The minimum Gasteiger partial charge on any atom is -0.321 e. The van der Waals surface area contributed by atoms with Gasteiger partial charge in [-0.15, -0.1) is 10.2 Å². The fourth-order valence-corrected chi connectivity index (χ4v) is 3.61. The smallest absolute Gasteiger partial charge is 0.276 e. The molecule has 1 unspecified atom stereocenters. The Labute approximate surface area is 167 Å². The summed E-state index contributed by atoms with van der Waals surface area (Å²) in [4.78, 5) is 24.6. The highest BCUT2D eigenvalue weighted by molar-refractivity contribution is 6.03. The molecular weight excluding hydrogens is 366 g/mol. The van der Waals surface area contributed by atoms with Crippen molar-refractivity contribution < 1.29 is 9.59 Å². The van der Waals surface area contributed by atoms with Crippen molar-refractivity contribution in [1.82, 2.24) is 9.78 Å². The van der Waals surface area contributed by atoms with E-state index < -0.39 is 0 Å². The summed E-state index contributed by atoms with van der Waals surface area (Å²) in [5.41, 5.74) is 4.57. The third-order valence-corrected chi connectivity index (χ3v) is 5.36. The molecule has 0 bridgehead atoms. The molecule has 0 spiro atoms. The van der Waals surface area contributed by atoms with E-state index in [1.165, 1.54) is 0 Å². The van der Waals surface area contributed by atoms with Gasteiger partial charge in [-0.2, -0.15) is 5.10 Å². The Balaban J connectivity index is 1.36. The number of hydrogen-bond acceptors (Lipinski definition) is 4. The minimum atomic E-state index is -0.377. The van der Waals surface area contributed by atoms with Crippen LogP contribution in [0.3, 0.4) is 0 Å². The Morgan fingerprint density at radius 1 is 1.14 bits per heavy atom. The molecule has 2 heterocycles. The molecule has 3 aliphatic rings. The van der Waals surface area contributed by atoms with Crippen LogP contribution in [0.5, 0.6) is 0 Å². The summed E-state index contributed by atoms with van der Waals surface area (Å²) in [6.45, 7) is 0. The van der Waals surface area contributed by atoms with E-state index in [-0.39, 0.29) is 17.7 Å². The number of aromatic nitrogens is 2. The Morgan fingerprint density at radius 2 is 1.93 bits per heavy atom. The maximum Gasteiger partial charge on any atom is 0.276 e. The molecule has 1 fully saturated rings. The fraction of sp³-hybridized carbons (Fsp3) is 0.227. The van der Waals surface area contributed by atoms with E-state index in [0.29, 0.717) is 23.0 Å². The molecule has 1 N–H and O–H groups in total. The van der Waals surface area contributed by atoms with E-state index in [2.05, 4.69) is 20.6 Å². The number of amides is 2. The zero-order valence-electron chi connectivity index (χ0n) is 15.9. The number of hydrogen-bond donors (Lipinski definition) is 1. The van der Waals surface area contributed by atoms with Gasteiger partial charge in [-0.25, -0.2) is 0 Å². The second-order valence-corrected chi connectivity index (χ2v) is 7.45. The van der Waals surface area contributed by atoms with Crippen LogP contribution < -0.4 is 5.32 Å². The molecule has 1 aliphatic heterocycles. The SMILES string of the molecule is Cn1nc(C2CC2)cc1C(=O)Nc1ccc(C2=C3C=CC=CC3C(=O)N=N2)cc1. The van der Waals surface area contributed by atoms with Crippen LogP contribution in [-0.4, -0.2) is 21.6 Å². The summed E-state index contributed by atoms with van der Waals surface area (Å²) in [5, 5.41) is 15.2. The van der Waals surface area contributed by atoms with Gasteiger partial charge in [-0.3, -0.25) is 14.3 Å². The lowest BCUT2D eigenvalue weighted by molar-refractivity contribution is -0.119. The Hall–Kier alpha value is -3.61. The highest BCUT2D eigenvalue weighted by Gasteiger charge is 2.29. The van der Waals surface area contributed by atoms with Crippen LogP contribution in [0.15, 0.2) is 70.4 Å². The second-order valence-electron chi connectivity index (χ2n) is 7.45. The molecular formula is C22H19N5O2. The van der Waals surface area contributed by atoms with Gasteiger partial charge in [-0.1, -0.05) is 36.4 Å². The van der Waals surface area contributed by atoms with Gasteiger partial charge in [0.2, 0.25) is 0 Å². The lowest BCUT2D eigenvalue weighted by Gasteiger charge is -2.19. The van der Waals surface area contributed by atoms with E-state index in [4.69, 9.17) is 0 Å². The number of aryl methyl sites for hydroxylation is 1. The van der Waals surface area contributed by atoms with Gasteiger partial charge in [0, 0.05) is 24.2 Å². The van der Waals surface area contributed by atoms with E-state index >= 15 is 0 Å². The van der Waals surface area contributed by atoms with Gasteiger partial charge in [0.1, 0.15) is 5.69 Å². The molecule has 1 saturated carbocycles. The van der Waals surface area contributed by atoms with Gasteiger partial charge in [0.25, 0.3) is 11.8 Å². The van der Waals surface area contributed by atoms with Crippen molar-refractivity contribution in [3.05, 3.63) is 77.2 Å². The van der Waals surface area contributed by atoms with Gasteiger partial charge >= 0.3 is 0 Å². The maximum absolute atomic E-state index is 12.6. The molecule has 0 radical (unpaired) electrons. The van der Waals surface area contributed by atoms with Crippen LogP contribution in [0.25, 0.3) is 5.70 Å². The summed E-state index contributed by atoms with van der Waals surface area (Å²) in [6.07, 6.45) is 9.74. The van der Waals surface area contributed by atoms with Gasteiger partial charge in [0.15, 0.2) is 0 Å². The molecule has 7 nitrogen and oxygen atoms in total. The largest absolute Gasteiger partial charge is 0.321 e. The van der Waals surface area contributed by atoms with Crippen LogP contribution in [-0.2, 0) is 11.8 Å². The number of fused-ring (bicyclic) bond motifs is 1. The molecule has 1 atom stereocenters. The molecule has 29 heavy (non-hydrogen) atoms. The zero-order chi connectivity index (χ0) is 20.0. The fourth-order valence-electron chi connectivity index (χ4n) is 3.61. The van der Waals surface area contributed by atoms with E-state index in [1.54, 1.807) is 11.7 Å². The zero-order valence-corrected chi connectivity index (χ0v) is 15.9. The van der Waals surface area contributed by atoms with Crippen LogP contribution in [0.1, 0.15) is 40.5 Å². The summed E-state index contributed by atoms with van der Waals surface area (Å²) >= 11 is 0. The first-order chi connectivity index (χ1) is 14.1. The summed E-state index contributed by atoms with van der Waals surface area (Å²) in [7, 11) is 1.79. The third kappa shape index (κ3) is 3.24. The number of nitrogens with one attached hydrogen (secondary N) is 1. The standard InChI is InChI=1S/C22H19N5O2/c1-27-19(12-18(26-27)13-6-7-13)22(29)23-15-10-8-14(9-11-15)20-16-4-2-3-5-17(16)21(28)25-24-20/h2-5,8-13,17H,6-7H2,1H3,(H,23,29). The number of nitrogens with zero attached hydrogens (tertiary/aromatic N) is 4. The number of carbonyl (C=O) groups excluding carboxylic acids is 2. The van der Waals surface area contributed by atoms with Crippen LogP contribution in [0.4, 0.5) is 5.69 Å². The average molecular weight is 385 g/mol. The van der Waals surface area contributed by atoms with Crippen molar-refractivity contribution in [3.8, 4) is 0 Å². The molecule has 1 aromatic heterocycles. The summed E-state index contributed by atoms with van der Waals surface area (Å²) in [5.74, 6) is -0.321. The maximum atomic E-state index is 12.6. The van der Waals surface area contributed by atoms with Crippen LogP contribution >= 0.6 is 0 Å². The van der Waals surface area contributed by atoms with Crippen LogP contribution in [0, 0.1) is 5.92 Å². The van der Waals surface area contributed by atoms with E-state index in [9.17, 15) is 9.59 Å². The number of azo groups is 1. The number of carbonyl (C=O) groups is 2. The third-order valence-electron chi connectivity index (χ3n) is 5.36. The quantitative estimate of drug-likeness (QED) is 0.863. The van der Waals surface area contributed by atoms with Gasteiger partial charge in [0.05, 0.1) is 17.3 Å². The predicted molar refractivity (Wildman–Crippen MR) is 108 cm³/mol. The normalized spacial score (nSPS) is 20.2. The molecule has 2 amide bonds. The highest BCUT2D eigenvalue weighted by Crippen LogP contribution is 2.39. The van der Waals surface area contributed by atoms with Crippen molar-refractivity contribution >= 4 is 23.2 Å². The molecule has 2 aromatic rings. The lowest BCUT2D eigenvalue weighted by Crippen LogP contribution is -2.17. The first-order valence-corrected chi connectivity index (χ1v) is 9.60. The number of rotatable bonds is 4. The summed E-state index contributed by atoms with van der Waals surface area (Å²) < 4.78 is 1.63. The van der Waals surface area contributed by atoms with Crippen molar-refractivity contribution in [3.63, 3.8) is 0 Å². The van der Waals surface area contributed by atoms with Crippen molar-refractivity contribution in [2.75, 3.05) is 5.32 Å². The molecule has 144 valence electrons. The molecule has 0 saturated heterocycles. The Bertz CT molecular complexity index is 1130. The lowest BCUT2D eigenvalue weighted by atomic mass is 9.89. The second kappa shape index (κ2) is 6.77. The number of allylic oxidation sites excluding steroid dienone is 3. The van der Waals surface area contributed by atoms with Gasteiger partial charge < -0.3 is 5.32 Å². The van der Waals surface area contributed by atoms with E-state index in [1.807, 2.05) is 54.6 Å². The average Bonchev–Trinajstić information content (AvgIpc) is 3.51. The number of benzene rings is 1. The molecule has 1 aromatic carbocycles. The first kappa shape index (κ1) is 17.5. The molecule has 7 heteroatoms. The highest BCUT2D eigenvalue weighted by atomic mass is 16.2. The van der Waals surface area contributed by atoms with Crippen molar-refractivity contribution in [1.29, 1.82) is 0 Å². The van der Waals surface area contributed by atoms with Crippen molar-refractivity contribution in [2.45, 2.75) is 18.8 Å². The monoisotopic (exact) mass is 385 g/mol. The molecule has 2 aliphatic carbocycles. The Kier molecular flexibility index (Phi) is 4.08. The number of anilines is 1. The van der Waals surface area contributed by atoms with Gasteiger partial charge in [-0.05, 0) is 36.6 Å². The predicted octanol–water partition coefficient (Wildman–Crippen LogP) is 4.00.